The molecule has 6 nitrogen and oxygen atoms in total. The fourth-order valence-electron chi connectivity index (χ4n) is 3.16. The first-order valence-corrected chi connectivity index (χ1v) is 9.45. The van der Waals surface area contributed by atoms with Gasteiger partial charge < -0.3 is 10.1 Å². The molecule has 2 aromatic heterocycles. The number of para-hydroxylation sites is 1. The maximum atomic E-state index is 12.1. The Morgan fingerprint density at radius 1 is 1.40 bits per heavy atom. The van der Waals surface area contributed by atoms with Crippen molar-refractivity contribution in [3.63, 3.8) is 0 Å². The molecule has 0 radical (unpaired) electrons. The number of hydrogen-bond donors (Lipinski definition) is 1. The van der Waals surface area contributed by atoms with Crippen LogP contribution in [-0.2, 0) is 9.53 Å². The molecule has 0 spiro atoms. The van der Waals surface area contributed by atoms with Gasteiger partial charge in [-0.3, -0.25) is 9.20 Å². The summed E-state index contributed by atoms with van der Waals surface area (Å²) in [5.74, 6) is 0.310. The quantitative estimate of drug-likeness (QED) is 0.712. The van der Waals surface area contributed by atoms with Crippen LogP contribution in [0.15, 0.2) is 35.5 Å². The van der Waals surface area contributed by atoms with E-state index in [-0.39, 0.29) is 12.0 Å². The number of amides is 1. The summed E-state index contributed by atoms with van der Waals surface area (Å²) in [6, 6.07) is 10.3. The van der Waals surface area contributed by atoms with Gasteiger partial charge >= 0.3 is 0 Å². The van der Waals surface area contributed by atoms with Gasteiger partial charge in [-0.05, 0) is 42.8 Å². The van der Waals surface area contributed by atoms with Crippen LogP contribution < -0.4 is 5.32 Å². The van der Waals surface area contributed by atoms with E-state index in [1.807, 2.05) is 29.5 Å². The summed E-state index contributed by atoms with van der Waals surface area (Å²) in [5, 5.41) is 13.4. The van der Waals surface area contributed by atoms with E-state index in [2.05, 4.69) is 27.6 Å². The Kier molecular flexibility index (Phi) is 4.59. The van der Waals surface area contributed by atoms with Crippen molar-refractivity contribution in [3.05, 3.63) is 35.9 Å². The fourth-order valence-corrected chi connectivity index (χ4v) is 3.94. The molecule has 1 N–H and O–H groups in total. The molecular weight excluding hydrogens is 336 g/mol. The monoisotopic (exact) mass is 356 g/mol. The van der Waals surface area contributed by atoms with E-state index in [0.717, 1.165) is 46.7 Å². The molecule has 130 valence electrons. The minimum atomic E-state index is -0.00536. The van der Waals surface area contributed by atoms with E-state index in [4.69, 9.17) is 4.74 Å². The van der Waals surface area contributed by atoms with Crippen LogP contribution in [0.2, 0.25) is 0 Å². The number of ether oxygens (including phenoxy) is 1. The lowest BCUT2D eigenvalue weighted by Crippen LogP contribution is -2.32. The molecule has 1 atom stereocenters. The molecule has 1 saturated heterocycles. The summed E-state index contributed by atoms with van der Waals surface area (Å²) in [4.78, 5) is 12.1. The zero-order chi connectivity index (χ0) is 17.2. The largest absolute Gasteiger partial charge is 0.376 e. The van der Waals surface area contributed by atoms with E-state index in [0.29, 0.717) is 12.3 Å². The Labute approximate surface area is 150 Å². The van der Waals surface area contributed by atoms with Crippen LogP contribution in [0.25, 0.3) is 16.6 Å². The van der Waals surface area contributed by atoms with Crippen molar-refractivity contribution in [2.45, 2.75) is 31.0 Å². The van der Waals surface area contributed by atoms with Gasteiger partial charge in [-0.2, -0.15) is 0 Å². The van der Waals surface area contributed by atoms with Gasteiger partial charge in [0.25, 0.3) is 0 Å². The molecule has 1 fully saturated rings. The standard InChI is InChI=1S/C18H20N4O2S/c1-12-9-13-5-2-3-7-15(13)22-17(12)20-21-18(22)25-11-16(23)19-10-14-6-4-8-24-14/h2-3,5,7,9,14H,4,6,8,10-11H2,1H3,(H,19,23)/t14-/m1/s1. The van der Waals surface area contributed by atoms with Crippen molar-refractivity contribution in [1.82, 2.24) is 19.9 Å². The molecule has 1 aromatic carbocycles. The SMILES string of the molecule is Cc1cc2ccccc2n2c(SCC(=O)NC[C@H]3CCCO3)nnc12. The van der Waals surface area contributed by atoms with Crippen LogP contribution in [0.3, 0.4) is 0 Å². The number of rotatable bonds is 5. The Hall–Kier alpha value is -2.12. The minimum Gasteiger partial charge on any atom is -0.376 e. The molecule has 7 heteroatoms. The number of benzene rings is 1. The number of nitrogens with zero attached hydrogens (tertiary/aromatic N) is 3. The zero-order valence-corrected chi connectivity index (χ0v) is 14.9. The first kappa shape index (κ1) is 16.4. The predicted octanol–water partition coefficient (Wildman–Crippen LogP) is 2.58. The summed E-state index contributed by atoms with van der Waals surface area (Å²) in [5.41, 5.74) is 2.96. The molecule has 1 aliphatic rings. The maximum absolute atomic E-state index is 12.1. The van der Waals surface area contributed by atoms with Gasteiger partial charge in [-0.15, -0.1) is 10.2 Å². The highest BCUT2D eigenvalue weighted by atomic mass is 32.2. The summed E-state index contributed by atoms with van der Waals surface area (Å²) >= 11 is 1.41. The fraction of sp³-hybridized carbons (Fsp3) is 0.389. The van der Waals surface area contributed by atoms with Crippen LogP contribution >= 0.6 is 11.8 Å². The Morgan fingerprint density at radius 3 is 3.12 bits per heavy atom. The van der Waals surface area contributed by atoms with E-state index in [1.165, 1.54) is 11.8 Å². The molecule has 0 unspecified atom stereocenters. The minimum absolute atomic E-state index is 0.00536. The van der Waals surface area contributed by atoms with Crippen molar-refractivity contribution in [1.29, 1.82) is 0 Å². The topological polar surface area (TPSA) is 68.5 Å². The number of thioether (sulfide) groups is 1. The van der Waals surface area contributed by atoms with Gasteiger partial charge in [0.15, 0.2) is 10.8 Å². The van der Waals surface area contributed by atoms with E-state index < -0.39 is 0 Å². The lowest BCUT2D eigenvalue weighted by atomic mass is 10.1. The third-order valence-electron chi connectivity index (χ3n) is 4.42. The molecule has 25 heavy (non-hydrogen) atoms. The van der Waals surface area contributed by atoms with Crippen LogP contribution in [0.4, 0.5) is 0 Å². The number of carbonyl (C=O) groups is 1. The van der Waals surface area contributed by atoms with E-state index in [9.17, 15) is 4.79 Å². The third-order valence-corrected chi connectivity index (χ3v) is 5.35. The molecule has 3 aromatic rings. The molecular formula is C18H20N4O2S. The van der Waals surface area contributed by atoms with Crippen molar-refractivity contribution in [2.24, 2.45) is 0 Å². The summed E-state index contributed by atoms with van der Waals surface area (Å²) in [6.45, 7) is 3.41. The van der Waals surface area contributed by atoms with E-state index >= 15 is 0 Å². The summed E-state index contributed by atoms with van der Waals surface area (Å²) < 4.78 is 7.56. The number of nitrogens with one attached hydrogen (secondary N) is 1. The van der Waals surface area contributed by atoms with Gasteiger partial charge in [-0.1, -0.05) is 30.0 Å². The number of aromatic nitrogens is 3. The normalized spacial score (nSPS) is 17.4. The van der Waals surface area contributed by atoms with Gasteiger partial charge in [0.05, 0.1) is 17.4 Å². The third kappa shape index (κ3) is 3.34. The summed E-state index contributed by atoms with van der Waals surface area (Å²) in [6.07, 6.45) is 2.26. The number of aryl methyl sites for hydroxylation is 1. The van der Waals surface area contributed by atoms with E-state index in [1.54, 1.807) is 0 Å². The van der Waals surface area contributed by atoms with Crippen molar-refractivity contribution in [2.75, 3.05) is 18.9 Å². The highest BCUT2D eigenvalue weighted by Crippen LogP contribution is 2.25. The number of fused-ring (bicyclic) bond motifs is 3. The second-order valence-electron chi connectivity index (χ2n) is 6.26. The molecule has 1 amide bonds. The van der Waals surface area contributed by atoms with Crippen molar-refractivity contribution >= 4 is 34.2 Å². The number of hydrogen-bond acceptors (Lipinski definition) is 5. The van der Waals surface area contributed by atoms with Crippen molar-refractivity contribution in [3.8, 4) is 0 Å². The first-order chi connectivity index (χ1) is 12.2. The Balaban J connectivity index is 1.50. The van der Waals surface area contributed by atoms with Crippen molar-refractivity contribution < 1.29 is 9.53 Å². The van der Waals surface area contributed by atoms with Gasteiger partial charge in [-0.25, -0.2) is 0 Å². The predicted molar refractivity (Wildman–Crippen MR) is 97.9 cm³/mol. The number of pyridine rings is 1. The second-order valence-corrected chi connectivity index (χ2v) is 7.20. The van der Waals surface area contributed by atoms with Gasteiger partial charge in [0, 0.05) is 13.2 Å². The van der Waals surface area contributed by atoms with Crippen LogP contribution in [-0.4, -0.2) is 45.5 Å². The Morgan fingerprint density at radius 2 is 2.28 bits per heavy atom. The van der Waals surface area contributed by atoms with Gasteiger partial charge in [0.1, 0.15) is 0 Å². The maximum Gasteiger partial charge on any atom is 0.230 e. The van der Waals surface area contributed by atoms with Crippen LogP contribution in [0.1, 0.15) is 18.4 Å². The molecule has 0 bridgehead atoms. The average Bonchev–Trinajstić information content (AvgIpc) is 3.28. The smallest absolute Gasteiger partial charge is 0.230 e. The summed E-state index contributed by atoms with van der Waals surface area (Å²) in [7, 11) is 0. The molecule has 0 aliphatic carbocycles. The van der Waals surface area contributed by atoms with Gasteiger partial charge in [0.2, 0.25) is 5.91 Å². The van der Waals surface area contributed by atoms with Crippen LogP contribution in [0, 0.1) is 6.92 Å². The lowest BCUT2D eigenvalue weighted by Gasteiger charge is -2.10. The molecule has 0 saturated carbocycles. The highest BCUT2D eigenvalue weighted by molar-refractivity contribution is 7.99. The molecule has 1 aliphatic heterocycles. The Bertz CT molecular complexity index is 918. The second kappa shape index (κ2) is 7.01. The molecule has 3 heterocycles. The average molecular weight is 356 g/mol. The van der Waals surface area contributed by atoms with Crippen LogP contribution in [0.5, 0.6) is 0 Å². The first-order valence-electron chi connectivity index (χ1n) is 8.47. The lowest BCUT2D eigenvalue weighted by molar-refractivity contribution is -0.119. The highest BCUT2D eigenvalue weighted by Gasteiger charge is 2.17. The number of carbonyl (C=O) groups excluding carboxylic acids is 1. The zero-order valence-electron chi connectivity index (χ0n) is 14.1. The molecule has 4 rings (SSSR count).